The number of hydrogen-bond donors (Lipinski definition) is 5. The number of ether oxygens (including phenoxy) is 3. The Balaban J connectivity index is 1.28. The van der Waals surface area contributed by atoms with Crippen LogP contribution in [0.4, 0.5) is 0 Å². The second-order valence-electron chi connectivity index (χ2n) is 9.89. The number of carbonyl (C=O) groups excluding carboxylic acids is 1. The first kappa shape index (κ1) is 23.7. The number of aliphatic hydroxyl groups is 4. The third kappa shape index (κ3) is 3.52. The van der Waals surface area contributed by atoms with Crippen molar-refractivity contribution in [3.63, 3.8) is 0 Å². The number of amides is 1. The average Bonchev–Trinajstić information content (AvgIpc) is 3.28. The Bertz CT molecular complexity index is 1210. The molecule has 0 radical (unpaired) electrons. The number of hydrogen-bond acceptors (Lipinski definition) is 8. The highest BCUT2D eigenvalue weighted by atomic mass is 16.8. The van der Waals surface area contributed by atoms with Crippen LogP contribution in [0.2, 0.25) is 0 Å². The predicted molar refractivity (Wildman–Crippen MR) is 126 cm³/mol. The van der Waals surface area contributed by atoms with Gasteiger partial charge in [-0.05, 0) is 24.5 Å². The van der Waals surface area contributed by atoms with Gasteiger partial charge in [0, 0.05) is 35.0 Å². The molecule has 5 N–H and O–H groups in total. The molecule has 0 spiro atoms. The van der Waals surface area contributed by atoms with Crippen molar-refractivity contribution in [3.05, 3.63) is 60.0 Å². The molecule has 9 unspecified atom stereocenters. The molecule has 6 rings (SSSR count). The van der Waals surface area contributed by atoms with Gasteiger partial charge in [-0.25, -0.2) is 0 Å². The van der Waals surface area contributed by atoms with Crippen LogP contribution in [0.5, 0.6) is 0 Å². The van der Waals surface area contributed by atoms with Crippen molar-refractivity contribution in [2.45, 2.75) is 55.9 Å². The largest absolute Gasteiger partial charge is 0.471 e. The van der Waals surface area contributed by atoms with Crippen molar-refractivity contribution in [1.82, 2.24) is 9.88 Å². The summed E-state index contributed by atoms with van der Waals surface area (Å²) in [6, 6.07) is 8.01. The van der Waals surface area contributed by atoms with E-state index in [-0.39, 0.29) is 17.9 Å². The summed E-state index contributed by atoms with van der Waals surface area (Å²) in [4.78, 5) is 19.0. The molecule has 10 nitrogen and oxygen atoms in total. The third-order valence-corrected chi connectivity index (χ3v) is 8.04. The van der Waals surface area contributed by atoms with E-state index in [1.807, 2.05) is 23.1 Å². The van der Waals surface area contributed by atoms with Crippen molar-refractivity contribution in [3.8, 4) is 0 Å². The zero-order chi connectivity index (χ0) is 25.1. The maximum absolute atomic E-state index is 13.5. The summed E-state index contributed by atoms with van der Waals surface area (Å²) in [6.45, 7) is 4.01. The number of carbonyl (C=O) groups is 1. The van der Waals surface area contributed by atoms with Gasteiger partial charge in [0.05, 0.1) is 24.5 Å². The van der Waals surface area contributed by atoms with Gasteiger partial charge in [0.1, 0.15) is 24.4 Å². The van der Waals surface area contributed by atoms with Crippen LogP contribution in [0.1, 0.15) is 23.7 Å². The van der Waals surface area contributed by atoms with Gasteiger partial charge in [0.25, 0.3) is 5.91 Å². The molecule has 36 heavy (non-hydrogen) atoms. The second-order valence-corrected chi connectivity index (χ2v) is 9.89. The van der Waals surface area contributed by atoms with Gasteiger partial charge in [0.2, 0.25) is 6.29 Å². The fourth-order valence-corrected chi connectivity index (χ4v) is 6.13. The number of H-pyrrole nitrogens is 1. The fourth-order valence-electron chi connectivity index (χ4n) is 6.13. The highest BCUT2D eigenvalue weighted by Gasteiger charge is 2.51. The first-order valence-corrected chi connectivity index (χ1v) is 12.3. The molecule has 0 aliphatic carbocycles. The van der Waals surface area contributed by atoms with Crippen LogP contribution in [0.25, 0.3) is 10.9 Å². The number of rotatable bonds is 4. The lowest BCUT2D eigenvalue weighted by Crippen LogP contribution is -2.60. The Labute approximate surface area is 207 Å². The minimum absolute atomic E-state index is 0.0845. The average molecular weight is 499 g/mol. The van der Waals surface area contributed by atoms with Crippen LogP contribution in [-0.4, -0.2) is 86.4 Å². The van der Waals surface area contributed by atoms with Gasteiger partial charge in [-0.1, -0.05) is 24.3 Å². The third-order valence-electron chi connectivity index (χ3n) is 8.04. The number of benzene rings is 1. The van der Waals surface area contributed by atoms with Crippen molar-refractivity contribution in [2.24, 2.45) is 11.8 Å². The first-order chi connectivity index (χ1) is 17.4. The molecule has 10 heteroatoms. The van der Waals surface area contributed by atoms with Crippen molar-refractivity contribution >= 4 is 16.8 Å². The highest BCUT2D eigenvalue weighted by molar-refractivity contribution is 5.96. The molecular formula is C26H30N2O8. The van der Waals surface area contributed by atoms with E-state index in [1.54, 1.807) is 6.08 Å². The highest BCUT2D eigenvalue weighted by Crippen LogP contribution is 2.48. The maximum atomic E-state index is 13.5. The van der Waals surface area contributed by atoms with Gasteiger partial charge in [-0.15, -0.1) is 6.58 Å². The quantitative estimate of drug-likeness (QED) is 0.383. The predicted octanol–water partition coefficient (Wildman–Crippen LogP) is 0.473. The van der Waals surface area contributed by atoms with Crippen molar-refractivity contribution in [1.29, 1.82) is 0 Å². The van der Waals surface area contributed by atoms with E-state index in [9.17, 15) is 25.2 Å². The molecule has 4 aliphatic rings. The summed E-state index contributed by atoms with van der Waals surface area (Å²) in [5, 5.41) is 41.3. The Hall–Kier alpha value is -2.73. The van der Waals surface area contributed by atoms with Crippen LogP contribution >= 0.6 is 0 Å². The smallest absolute Gasteiger partial charge is 0.253 e. The van der Waals surface area contributed by atoms with Crippen molar-refractivity contribution in [2.75, 3.05) is 13.2 Å². The summed E-state index contributed by atoms with van der Waals surface area (Å²) in [6.07, 6.45) is -3.53. The molecule has 1 aromatic carbocycles. The molecule has 1 amide bonds. The van der Waals surface area contributed by atoms with E-state index in [0.29, 0.717) is 18.5 Å². The number of aliphatic hydroxyl groups excluding tert-OH is 4. The van der Waals surface area contributed by atoms with Crippen LogP contribution < -0.4 is 0 Å². The Kier molecular flexibility index (Phi) is 5.90. The maximum Gasteiger partial charge on any atom is 0.253 e. The number of aromatic amines is 1. The zero-order valence-electron chi connectivity index (χ0n) is 19.6. The SMILES string of the molecule is C=CC1C(OC2OC(CO)C(O)C(O)C2O)OC=C2C(=O)N3CCc4c([nH]c5ccccc45)C3CC21. The molecule has 1 aromatic heterocycles. The summed E-state index contributed by atoms with van der Waals surface area (Å²) in [5.74, 6) is -0.783. The lowest BCUT2D eigenvalue weighted by Gasteiger charge is -2.48. The van der Waals surface area contributed by atoms with E-state index >= 15 is 0 Å². The number of nitrogens with one attached hydrogen (secondary N) is 1. The Morgan fingerprint density at radius 3 is 2.75 bits per heavy atom. The zero-order valence-corrected chi connectivity index (χ0v) is 19.6. The minimum Gasteiger partial charge on any atom is -0.471 e. The normalized spacial score (nSPS) is 38.0. The van der Waals surface area contributed by atoms with Gasteiger partial charge < -0.3 is 44.5 Å². The fraction of sp³-hybridized carbons (Fsp3) is 0.500. The van der Waals surface area contributed by atoms with Crippen LogP contribution in [-0.2, 0) is 25.4 Å². The molecule has 2 fully saturated rings. The minimum atomic E-state index is -1.56. The molecule has 5 heterocycles. The van der Waals surface area contributed by atoms with Gasteiger partial charge in [-0.2, -0.15) is 0 Å². The standard InChI is InChI=1S/C26H30N2O8/c1-2-12-15-9-18-20-14(13-5-3-4-6-17(13)27-20)7-8-28(18)24(33)16(15)11-34-25(12)36-26-23(32)22(31)21(30)19(10-29)35-26/h2-6,11-12,15,18-19,21-23,25-27,29-32H,1,7-10H2. The molecule has 2 aromatic rings. The van der Waals surface area contributed by atoms with E-state index in [1.165, 1.54) is 17.2 Å². The Morgan fingerprint density at radius 1 is 1.17 bits per heavy atom. The van der Waals surface area contributed by atoms with E-state index in [4.69, 9.17) is 14.2 Å². The van der Waals surface area contributed by atoms with Gasteiger partial charge >= 0.3 is 0 Å². The van der Waals surface area contributed by atoms with Crippen molar-refractivity contribution < 1.29 is 39.4 Å². The monoisotopic (exact) mass is 498 g/mol. The molecule has 192 valence electrons. The molecule has 2 saturated heterocycles. The van der Waals surface area contributed by atoms with E-state index in [2.05, 4.69) is 17.6 Å². The molecule has 4 aliphatic heterocycles. The summed E-state index contributed by atoms with van der Waals surface area (Å²) in [5.41, 5.74) is 3.89. The number of nitrogens with zero attached hydrogens (tertiary/aromatic N) is 1. The van der Waals surface area contributed by atoms with Crippen LogP contribution in [0, 0.1) is 11.8 Å². The molecule has 9 atom stereocenters. The molecular weight excluding hydrogens is 468 g/mol. The lowest BCUT2D eigenvalue weighted by atomic mass is 9.74. The summed E-state index contributed by atoms with van der Waals surface area (Å²) < 4.78 is 17.2. The van der Waals surface area contributed by atoms with E-state index < -0.39 is 49.5 Å². The van der Waals surface area contributed by atoms with Gasteiger partial charge in [-0.3, -0.25) is 4.79 Å². The lowest BCUT2D eigenvalue weighted by molar-refractivity contribution is -0.339. The van der Waals surface area contributed by atoms with Crippen LogP contribution in [0.3, 0.4) is 0 Å². The van der Waals surface area contributed by atoms with Gasteiger partial charge in [0.15, 0.2) is 6.29 Å². The summed E-state index contributed by atoms with van der Waals surface area (Å²) in [7, 11) is 0. The van der Waals surface area contributed by atoms with Crippen LogP contribution in [0.15, 0.2) is 48.8 Å². The molecule has 0 bridgehead atoms. The topological polar surface area (TPSA) is 145 Å². The Morgan fingerprint density at radius 2 is 1.97 bits per heavy atom. The number of piperidine rings is 1. The summed E-state index contributed by atoms with van der Waals surface area (Å²) >= 11 is 0. The van der Waals surface area contributed by atoms with E-state index in [0.717, 1.165) is 17.6 Å². The molecule has 0 saturated carbocycles. The first-order valence-electron chi connectivity index (χ1n) is 12.3. The number of aromatic nitrogens is 1. The second kappa shape index (κ2) is 8.98. The number of para-hydroxylation sites is 1. The number of fused-ring (bicyclic) bond motifs is 6.